The van der Waals surface area contributed by atoms with E-state index in [1.165, 1.54) is 25.5 Å². The summed E-state index contributed by atoms with van der Waals surface area (Å²) in [5, 5.41) is 3.13. The topological polar surface area (TPSA) is 105 Å². The van der Waals surface area contributed by atoms with Crippen LogP contribution in [-0.4, -0.2) is 69.7 Å². The molecule has 0 bridgehead atoms. The first-order valence-electron chi connectivity index (χ1n) is 11.4. The molecule has 3 rings (SSSR count). The number of piperazine rings is 1. The van der Waals surface area contributed by atoms with Crippen LogP contribution in [0.1, 0.15) is 51.9 Å². The lowest BCUT2D eigenvalue weighted by atomic mass is 9.92. The van der Waals surface area contributed by atoms with Crippen molar-refractivity contribution in [1.82, 2.24) is 9.62 Å². The number of sulfonamides is 1. The number of hydrogen-bond donors (Lipinski definition) is 1. The van der Waals surface area contributed by atoms with Crippen LogP contribution in [0.4, 0.5) is 5.69 Å². The van der Waals surface area contributed by atoms with Gasteiger partial charge in [-0.1, -0.05) is 32.1 Å². The van der Waals surface area contributed by atoms with E-state index in [9.17, 15) is 18.0 Å². The molecule has 184 valence electrons. The minimum atomic E-state index is -3.68. The van der Waals surface area contributed by atoms with Crippen molar-refractivity contribution in [3.05, 3.63) is 18.2 Å². The Balaban J connectivity index is 1.98. The summed E-state index contributed by atoms with van der Waals surface area (Å²) in [6.07, 6.45) is 8.38. The van der Waals surface area contributed by atoms with Crippen molar-refractivity contribution in [2.75, 3.05) is 38.5 Å². The van der Waals surface area contributed by atoms with Crippen molar-refractivity contribution in [3.8, 4) is 11.5 Å². The molecule has 1 saturated carbocycles. The molecule has 1 aliphatic heterocycles. The number of carbonyl (C=O) groups is 2. The van der Waals surface area contributed by atoms with Crippen LogP contribution in [0.15, 0.2) is 18.2 Å². The number of rotatable bonds is 6. The molecule has 1 aromatic carbocycles. The molecule has 1 saturated heterocycles. The second-order valence-corrected chi connectivity index (χ2v) is 11.1. The highest BCUT2D eigenvalue weighted by atomic mass is 32.2. The number of ether oxygens (including phenoxy) is 2. The van der Waals surface area contributed by atoms with Crippen molar-refractivity contribution in [3.63, 3.8) is 0 Å². The first-order valence-corrected chi connectivity index (χ1v) is 13.3. The quantitative estimate of drug-likeness (QED) is 0.669. The number of nitrogens with one attached hydrogen (secondary N) is 1. The van der Waals surface area contributed by atoms with Gasteiger partial charge in [0.05, 0.1) is 27.0 Å². The molecule has 1 aromatic rings. The van der Waals surface area contributed by atoms with E-state index in [1.54, 1.807) is 25.1 Å². The summed E-state index contributed by atoms with van der Waals surface area (Å²) in [6.45, 7) is 1.15. The molecule has 9 nitrogen and oxygen atoms in total. The Bertz CT molecular complexity index is 974. The normalized spacial score (nSPS) is 23.5. The summed E-state index contributed by atoms with van der Waals surface area (Å²) >= 11 is 0. The maximum atomic E-state index is 13.7. The van der Waals surface area contributed by atoms with E-state index in [0.717, 1.165) is 49.1 Å². The number of nitrogens with zero attached hydrogens (tertiary/aromatic N) is 2. The number of benzene rings is 1. The highest BCUT2D eigenvalue weighted by molar-refractivity contribution is 7.88. The van der Waals surface area contributed by atoms with Crippen LogP contribution in [0, 0.1) is 0 Å². The van der Waals surface area contributed by atoms with Gasteiger partial charge in [0, 0.05) is 24.3 Å². The molecule has 2 fully saturated rings. The van der Waals surface area contributed by atoms with E-state index < -0.39 is 21.5 Å². The third-order valence-corrected chi connectivity index (χ3v) is 7.76. The molecule has 2 aliphatic rings. The summed E-state index contributed by atoms with van der Waals surface area (Å²) in [5.41, 5.74) is -0.985. The van der Waals surface area contributed by atoms with E-state index >= 15 is 0 Å². The van der Waals surface area contributed by atoms with Crippen molar-refractivity contribution in [2.24, 2.45) is 0 Å². The molecule has 1 N–H and O–H groups in total. The summed E-state index contributed by atoms with van der Waals surface area (Å²) in [5.74, 6) is 0.0686. The number of hydrogen-bond acceptors (Lipinski definition) is 6. The van der Waals surface area contributed by atoms with Crippen LogP contribution >= 0.6 is 0 Å². The standard InChI is InChI=1S/C23H35N3O6S/c1-23(22(28)24-17-10-8-6-5-7-9-11-17)16-25(33(4,29)30)15-21(27)26(23)18-12-13-19(31-2)20(14-18)32-3/h12-14,17H,5-11,15-16H2,1-4H3,(H,24,28)/t23-/m0/s1. The van der Waals surface area contributed by atoms with Gasteiger partial charge in [-0.2, -0.15) is 4.31 Å². The van der Waals surface area contributed by atoms with E-state index in [4.69, 9.17) is 9.47 Å². The molecule has 33 heavy (non-hydrogen) atoms. The first-order chi connectivity index (χ1) is 15.6. The van der Waals surface area contributed by atoms with E-state index in [1.807, 2.05) is 0 Å². The Morgan fingerprint density at radius 1 is 1.06 bits per heavy atom. The van der Waals surface area contributed by atoms with Crippen LogP contribution in [0.5, 0.6) is 11.5 Å². The fourth-order valence-corrected chi connectivity index (χ4v) is 5.54. The van der Waals surface area contributed by atoms with Crippen molar-refractivity contribution >= 4 is 27.5 Å². The summed E-state index contributed by atoms with van der Waals surface area (Å²) in [7, 11) is -0.669. The summed E-state index contributed by atoms with van der Waals surface area (Å²) < 4.78 is 36.4. The van der Waals surface area contributed by atoms with Crippen molar-refractivity contribution in [1.29, 1.82) is 0 Å². The molecular formula is C23H35N3O6S. The van der Waals surface area contributed by atoms with Gasteiger partial charge < -0.3 is 14.8 Å². The molecule has 0 unspecified atom stereocenters. The Labute approximate surface area is 196 Å². The van der Waals surface area contributed by atoms with E-state index in [2.05, 4.69) is 5.32 Å². The lowest BCUT2D eigenvalue weighted by molar-refractivity contribution is -0.133. The number of carbonyl (C=O) groups excluding carboxylic acids is 2. The largest absolute Gasteiger partial charge is 0.493 e. The molecular weight excluding hydrogens is 446 g/mol. The lowest BCUT2D eigenvalue weighted by Gasteiger charge is -2.47. The predicted molar refractivity (Wildman–Crippen MR) is 126 cm³/mol. The fourth-order valence-electron chi connectivity index (χ4n) is 4.71. The second-order valence-electron chi connectivity index (χ2n) is 9.09. The van der Waals surface area contributed by atoms with Crippen molar-refractivity contribution in [2.45, 2.75) is 63.5 Å². The van der Waals surface area contributed by atoms with Gasteiger partial charge in [-0.15, -0.1) is 0 Å². The fraction of sp³-hybridized carbons (Fsp3) is 0.652. The molecule has 1 aliphatic carbocycles. The monoisotopic (exact) mass is 481 g/mol. The number of anilines is 1. The van der Waals surface area contributed by atoms with E-state index in [-0.39, 0.29) is 25.0 Å². The average Bonchev–Trinajstić information content (AvgIpc) is 2.74. The Kier molecular flexibility index (Phi) is 7.89. The van der Waals surface area contributed by atoms with Crippen LogP contribution < -0.4 is 19.7 Å². The Morgan fingerprint density at radius 2 is 1.67 bits per heavy atom. The van der Waals surface area contributed by atoms with Gasteiger partial charge in [-0.3, -0.25) is 14.5 Å². The third-order valence-electron chi connectivity index (χ3n) is 6.56. The van der Waals surface area contributed by atoms with Crippen molar-refractivity contribution < 1.29 is 27.5 Å². The van der Waals surface area contributed by atoms with Gasteiger partial charge >= 0.3 is 0 Å². The highest BCUT2D eigenvalue weighted by Crippen LogP contribution is 2.36. The molecule has 10 heteroatoms. The SMILES string of the molecule is COc1ccc(N2C(=O)CN(S(C)(=O)=O)C[C@@]2(C)C(=O)NC2CCCCCCC2)cc1OC. The van der Waals surface area contributed by atoms with Crippen LogP contribution in [0.25, 0.3) is 0 Å². The maximum Gasteiger partial charge on any atom is 0.247 e. The zero-order valence-electron chi connectivity index (χ0n) is 19.9. The minimum Gasteiger partial charge on any atom is -0.493 e. The smallest absolute Gasteiger partial charge is 0.247 e. The Hall–Kier alpha value is -2.33. The zero-order valence-corrected chi connectivity index (χ0v) is 20.7. The van der Waals surface area contributed by atoms with Gasteiger partial charge in [0.2, 0.25) is 21.8 Å². The van der Waals surface area contributed by atoms with Gasteiger partial charge in [-0.25, -0.2) is 8.42 Å². The molecule has 0 radical (unpaired) electrons. The number of methoxy groups -OCH3 is 2. The minimum absolute atomic E-state index is 0.00518. The number of amides is 2. The molecule has 0 aromatic heterocycles. The molecule has 2 amide bonds. The lowest BCUT2D eigenvalue weighted by Crippen LogP contribution is -2.70. The first kappa shape index (κ1) is 25.3. The summed E-state index contributed by atoms with van der Waals surface area (Å²) in [6, 6.07) is 4.98. The highest BCUT2D eigenvalue weighted by Gasteiger charge is 2.50. The molecule has 1 heterocycles. The van der Waals surface area contributed by atoms with Gasteiger partial charge in [0.15, 0.2) is 11.5 Å². The zero-order chi connectivity index (χ0) is 24.2. The van der Waals surface area contributed by atoms with Crippen LogP contribution in [-0.2, 0) is 19.6 Å². The van der Waals surface area contributed by atoms with E-state index in [0.29, 0.717) is 17.2 Å². The predicted octanol–water partition coefficient (Wildman–Crippen LogP) is 2.30. The summed E-state index contributed by atoms with van der Waals surface area (Å²) in [4.78, 5) is 28.4. The molecule has 0 spiro atoms. The van der Waals surface area contributed by atoms with Crippen LogP contribution in [0.3, 0.4) is 0 Å². The Morgan fingerprint density at radius 3 is 2.24 bits per heavy atom. The average molecular weight is 482 g/mol. The third kappa shape index (κ3) is 5.60. The van der Waals surface area contributed by atoms with Gasteiger partial charge in [-0.05, 0) is 31.9 Å². The molecule has 1 atom stereocenters. The van der Waals surface area contributed by atoms with Gasteiger partial charge in [0.25, 0.3) is 0 Å². The van der Waals surface area contributed by atoms with Gasteiger partial charge in [0.1, 0.15) is 5.54 Å². The van der Waals surface area contributed by atoms with Crippen LogP contribution in [0.2, 0.25) is 0 Å². The second kappa shape index (κ2) is 10.3. The maximum absolute atomic E-state index is 13.7.